The lowest BCUT2D eigenvalue weighted by Gasteiger charge is -2.09. The third kappa shape index (κ3) is 4.01. The minimum Gasteiger partial charge on any atom is -0.493 e. The molecule has 0 radical (unpaired) electrons. The van der Waals surface area contributed by atoms with E-state index < -0.39 is 11.7 Å². The summed E-state index contributed by atoms with van der Waals surface area (Å²) in [4.78, 5) is 17.3. The molecule has 0 fully saturated rings. The van der Waals surface area contributed by atoms with Gasteiger partial charge in [-0.15, -0.1) is 0 Å². The summed E-state index contributed by atoms with van der Waals surface area (Å²) < 4.78 is 31.8. The van der Waals surface area contributed by atoms with Gasteiger partial charge in [-0.25, -0.2) is 4.39 Å². The Hall–Kier alpha value is -2.71. The van der Waals surface area contributed by atoms with Gasteiger partial charge in [0, 0.05) is 31.4 Å². The first-order valence-corrected chi connectivity index (χ1v) is 8.98. The summed E-state index contributed by atoms with van der Waals surface area (Å²) in [6.45, 7) is 0.972. The number of benzene rings is 2. The Labute approximate surface area is 159 Å². The highest BCUT2D eigenvalue weighted by Crippen LogP contribution is 2.33. The molecule has 0 aliphatic carbocycles. The summed E-state index contributed by atoms with van der Waals surface area (Å²) in [6.07, 6.45) is 0. The van der Waals surface area contributed by atoms with Crippen LogP contribution in [-0.2, 0) is 11.3 Å². The Balaban J connectivity index is 2.15. The number of nitrogens with zero attached hydrogens (tertiary/aromatic N) is 2. The van der Waals surface area contributed by atoms with Crippen LogP contribution in [0.25, 0.3) is 10.2 Å². The zero-order chi connectivity index (χ0) is 19.4. The maximum Gasteiger partial charge on any atom is 0.279 e. The van der Waals surface area contributed by atoms with Gasteiger partial charge >= 0.3 is 0 Å². The number of carbonyl (C=O) groups is 1. The fraction of sp³-hybridized carbons (Fsp3) is 0.263. The van der Waals surface area contributed by atoms with Crippen molar-refractivity contribution in [2.24, 2.45) is 4.99 Å². The number of rotatable bonds is 6. The molecule has 1 amide bonds. The number of carbonyl (C=O) groups excluding carboxylic acids is 1. The van der Waals surface area contributed by atoms with Crippen molar-refractivity contribution in [3.05, 3.63) is 52.6 Å². The summed E-state index contributed by atoms with van der Waals surface area (Å²) in [6, 6.07) is 9.01. The molecule has 1 heterocycles. The largest absolute Gasteiger partial charge is 0.493 e. The first-order chi connectivity index (χ1) is 13.1. The van der Waals surface area contributed by atoms with Crippen molar-refractivity contribution in [1.82, 2.24) is 4.57 Å². The summed E-state index contributed by atoms with van der Waals surface area (Å²) >= 11 is 1.36. The van der Waals surface area contributed by atoms with Gasteiger partial charge in [0.25, 0.3) is 5.91 Å². The number of hydrogen-bond acceptors (Lipinski definition) is 5. The average molecular weight is 390 g/mol. The van der Waals surface area contributed by atoms with E-state index in [1.165, 1.54) is 35.6 Å². The minimum atomic E-state index is -0.438. The number of ether oxygens (including phenoxy) is 3. The van der Waals surface area contributed by atoms with Crippen LogP contribution in [0.4, 0.5) is 4.39 Å². The Morgan fingerprint density at radius 1 is 1.11 bits per heavy atom. The number of amides is 1. The molecule has 3 rings (SSSR count). The molecule has 6 nitrogen and oxygen atoms in total. The van der Waals surface area contributed by atoms with Crippen LogP contribution in [-0.4, -0.2) is 38.4 Å². The van der Waals surface area contributed by atoms with Crippen molar-refractivity contribution in [1.29, 1.82) is 0 Å². The lowest BCUT2D eigenvalue weighted by molar-refractivity contribution is 0.0997. The number of methoxy groups -OCH3 is 3. The van der Waals surface area contributed by atoms with E-state index in [9.17, 15) is 9.18 Å². The highest BCUT2D eigenvalue weighted by molar-refractivity contribution is 7.16. The zero-order valence-electron chi connectivity index (χ0n) is 15.2. The van der Waals surface area contributed by atoms with E-state index in [1.54, 1.807) is 21.3 Å². The quantitative estimate of drug-likeness (QED) is 0.648. The molecule has 0 bridgehead atoms. The standard InChI is InChI=1S/C19H19FN2O4S/c1-24-9-8-22-14-10-15(25-2)16(26-3)11-17(14)27-19(22)21-18(23)12-4-6-13(20)7-5-12/h4-7,10-11H,8-9H2,1-3H3. The average Bonchev–Trinajstić information content (AvgIpc) is 3.01. The molecule has 142 valence electrons. The molecule has 27 heavy (non-hydrogen) atoms. The Morgan fingerprint density at radius 2 is 1.78 bits per heavy atom. The van der Waals surface area contributed by atoms with Crippen LogP contribution in [0, 0.1) is 5.82 Å². The Kier molecular flexibility index (Phi) is 5.88. The van der Waals surface area contributed by atoms with Crippen molar-refractivity contribution in [2.75, 3.05) is 27.9 Å². The number of fused-ring (bicyclic) bond motifs is 1. The highest BCUT2D eigenvalue weighted by Gasteiger charge is 2.14. The number of aromatic nitrogens is 1. The van der Waals surface area contributed by atoms with Crippen molar-refractivity contribution >= 4 is 27.5 Å². The van der Waals surface area contributed by atoms with Gasteiger partial charge in [0.15, 0.2) is 16.3 Å². The molecule has 2 aromatic carbocycles. The lowest BCUT2D eigenvalue weighted by Crippen LogP contribution is -2.19. The molecular weight excluding hydrogens is 371 g/mol. The van der Waals surface area contributed by atoms with E-state index in [1.807, 2.05) is 16.7 Å². The van der Waals surface area contributed by atoms with Gasteiger partial charge in [-0.2, -0.15) is 4.99 Å². The van der Waals surface area contributed by atoms with Crippen LogP contribution < -0.4 is 14.3 Å². The van der Waals surface area contributed by atoms with Gasteiger partial charge < -0.3 is 18.8 Å². The minimum absolute atomic E-state index is 0.322. The third-order valence-electron chi connectivity index (χ3n) is 4.00. The molecule has 3 aromatic rings. The second kappa shape index (κ2) is 8.32. The number of hydrogen-bond donors (Lipinski definition) is 0. The zero-order valence-corrected chi connectivity index (χ0v) is 16.0. The topological polar surface area (TPSA) is 62.1 Å². The van der Waals surface area contributed by atoms with E-state index in [0.29, 0.717) is 35.0 Å². The summed E-state index contributed by atoms with van der Waals surface area (Å²) in [7, 11) is 4.75. The maximum atomic E-state index is 13.1. The van der Waals surface area contributed by atoms with Crippen LogP contribution in [0.15, 0.2) is 41.4 Å². The van der Waals surface area contributed by atoms with Gasteiger partial charge in [0.05, 0.1) is 31.0 Å². The van der Waals surface area contributed by atoms with Crippen LogP contribution in [0.3, 0.4) is 0 Å². The van der Waals surface area contributed by atoms with Gasteiger partial charge in [0.2, 0.25) is 0 Å². The monoisotopic (exact) mass is 390 g/mol. The van der Waals surface area contributed by atoms with Crippen LogP contribution in [0.2, 0.25) is 0 Å². The van der Waals surface area contributed by atoms with Crippen molar-refractivity contribution in [3.8, 4) is 11.5 Å². The molecular formula is C19H19FN2O4S. The van der Waals surface area contributed by atoms with E-state index in [4.69, 9.17) is 14.2 Å². The normalized spacial score (nSPS) is 11.8. The van der Waals surface area contributed by atoms with Gasteiger partial charge in [-0.05, 0) is 24.3 Å². The van der Waals surface area contributed by atoms with Gasteiger partial charge in [-0.1, -0.05) is 11.3 Å². The molecule has 0 aliphatic rings. The van der Waals surface area contributed by atoms with Crippen LogP contribution in [0.5, 0.6) is 11.5 Å². The third-order valence-corrected chi connectivity index (χ3v) is 5.04. The molecule has 0 saturated carbocycles. The predicted octanol–water partition coefficient (Wildman–Crippen LogP) is 3.25. The molecule has 0 atom stereocenters. The molecule has 0 N–H and O–H groups in total. The lowest BCUT2D eigenvalue weighted by atomic mass is 10.2. The Bertz CT molecular complexity index is 1020. The SMILES string of the molecule is COCCn1c(=NC(=O)c2ccc(F)cc2)sc2cc(OC)c(OC)cc21. The molecule has 0 unspecified atom stereocenters. The fourth-order valence-corrected chi connectivity index (χ4v) is 3.69. The predicted molar refractivity (Wildman–Crippen MR) is 101 cm³/mol. The van der Waals surface area contributed by atoms with Crippen LogP contribution >= 0.6 is 11.3 Å². The fourth-order valence-electron chi connectivity index (χ4n) is 2.62. The van der Waals surface area contributed by atoms with E-state index in [2.05, 4.69) is 4.99 Å². The highest BCUT2D eigenvalue weighted by atomic mass is 32.1. The Morgan fingerprint density at radius 3 is 2.41 bits per heavy atom. The molecule has 1 aromatic heterocycles. The molecule has 0 spiro atoms. The summed E-state index contributed by atoms with van der Waals surface area (Å²) in [5.41, 5.74) is 1.18. The van der Waals surface area contributed by atoms with Crippen molar-refractivity contribution in [2.45, 2.75) is 6.54 Å². The molecule has 0 saturated heterocycles. The second-order valence-corrected chi connectivity index (χ2v) is 6.64. The number of thiazole rings is 1. The van der Waals surface area contributed by atoms with Crippen LogP contribution in [0.1, 0.15) is 10.4 Å². The van der Waals surface area contributed by atoms with E-state index in [-0.39, 0.29) is 0 Å². The van der Waals surface area contributed by atoms with Gasteiger partial charge in [-0.3, -0.25) is 4.79 Å². The summed E-state index contributed by atoms with van der Waals surface area (Å²) in [5, 5.41) is 0. The molecule has 0 aliphatic heterocycles. The second-order valence-electron chi connectivity index (χ2n) is 5.63. The van der Waals surface area contributed by atoms with E-state index in [0.717, 1.165) is 10.2 Å². The first-order valence-electron chi connectivity index (χ1n) is 8.16. The van der Waals surface area contributed by atoms with E-state index >= 15 is 0 Å². The maximum absolute atomic E-state index is 13.1. The van der Waals surface area contributed by atoms with Crippen molar-refractivity contribution < 1.29 is 23.4 Å². The number of halogens is 1. The summed E-state index contributed by atoms with van der Waals surface area (Å²) in [5.74, 6) is 0.348. The smallest absolute Gasteiger partial charge is 0.279 e. The first kappa shape index (κ1) is 19.1. The van der Waals surface area contributed by atoms with Gasteiger partial charge in [0.1, 0.15) is 5.82 Å². The molecule has 8 heteroatoms. The van der Waals surface area contributed by atoms with Crippen molar-refractivity contribution in [3.63, 3.8) is 0 Å².